The molecule has 0 saturated heterocycles. The van der Waals surface area contributed by atoms with Crippen LogP contribution in [0, 0.1) is 0 Å². The van der Waals surface area contributed by atoms with Gasteiger partial charge in [0.1, 0.15) is 0 Å². The van der Waals surface area contributed by atoms with Gasteiger partial charge in [0.2, 0.25) is 0 Å². The van der Waals surface area contributed by atoms with Crippen LogP contribution in [-0.2, 0) is 17.2 Å². The maximum absolute atomic E-state index is 11.6. The normalized spacial score (nSPS) is 13.2. The van der Waals surface area contributed by atoms with Crippen molar-refractivity contribution < 1.29 is 18.9 Å². The zero-order valence-electron chi connectivity index (χ0n) is 12.1. The highest BCUT2D eigenvalue weighted by Gasteiger charge is 2.10. The van der Waals surface area contributed by atoms with E-state index in [0.717, 1.165) is 0 Å². The van der Waals surface area contributed by atoms with E-state index in [1.807, 2.05) is 0 Å². The number of hydrogen-bond acceptors (Lipinski definition) is 3. The number of aromatic carboxylic acids is 1. The summed E-state index contributed by atoms with van der Waals surface area (Å²) in [6.07, 6.45) is 2.02. The molecule has 3 N–H and O–H groups in total. The molecule has 0 radical (unpaired) electrons. The van der Waals surface area contributed by atoms with Crippen molar-refractivity contribution in [2.45, 2.75) is 19.4 Å². The summed E-state index contributed by atoms with van der Waals surface area (Å²) in [6.45, 7) is 2.11. The van der Waals surface area contributed by atoms with E-state index in [0.29, 0.717) is 24.3 Å². The SMILES string of the molecule is CC(CS(C)=O)NC(=O)NCCc1ccccc1C(=O)O. The molecule has 0 fully saturated rings. The molecule has 0 saturated carbocycles. The molecule has 6 nitrogen and oxygen atoms in total. The number of carbonyl (C=O) groups is 2. The Morgan fingerprint density at radius 1 is 1.33 bits per heavy atom. The summed E-state index contributed by atoms with van der Waals surface area (Å²) in [4.78, 5) is 22.6. The Balaban J connectivity index is 2.42. The molecule has 2 amide bonds. The Bertz CT molecular complexity index is 533. The van der Waals surface area contributed by atoms with E-state index < -0.39 is 16.8 Å². The molecule has 0 heterocycles. The molecule has 1 rings (SSSR count). The average Bonchev–Trinajstić information content (AvgIpc) is 2.37. The lowest BCUT2D eigenvalue weighted by atomic mass is 10.0. The molecule has 1 aromatic rings. The second-order valence-electron chi connectivity index (χ2n) is 4.75. The lowest BCUT2D eigenvalue weighted by Crippen LogP contribution is -2.43. The fourth-order valence-corrected chi connectivity index (χ4v) is 2.71. The molecular weight excluding hydrogens is 292 g/mol. The molecule has 116 valence electrons. The van der Waals surface area contributed by atoms with Gasteiger partial charge in [-0.2, -0.15) is 0 Å². The first-order chi connectivity index (χ1) is 9.90. The van der Waals surface area contributed by atoms with Crippen LogP contribution >= 0.6 is 0 Å². The quantitative estimate of drug-likeness (QED) is 0.700. The third-order valence-electron chi connectivity index (χ3n) is 2.79. The van der Waals surface area contributed by atoms with Crippen LogP contribution in [-0.4, -0.2) is 45.9 Å². The largest absolute Gasteiger partial charge is 0.478 e. The van der Waals surface area contributed by atoms with Crippen molar-refractivity contribution in [1.29, 1.82) is 0 Å². The number of carbonyl (C=O) groups excluding carboxylic acids is 1. The van der Waals surface area contributed by atoms with Gasteiger partial charge in [0, 0.05) is 35.4 Å². The molecule has 1 aromatic carbocycles. The van der Waals surface area contributed by atoms with Crippen molar-refractivity contribution in [3.63, 3.8) is 0 Å². The molecule has 0 bridgehead atoms. The number of rotatable bonds is 7. The van der Waals surface area contributed by atoms with Crippen LogP contribution in [0.15, 0.2) is 24.3 Å². The lowest BCUT2D eigenvalue weighted by Gasteiger charge is -2.13. The molecule has 0 aliphatic carbocycles. The standard InChI is InChI=1S/C14H20N2O4S/c1-10(9-21(2)20)16-14(19)15-8-7-11-5-3-4-6-12(11)13(17)18/h3-6,10H,7-9H2,1-2H3,(H,17,18)(H2,15,16,19). The second-order valence-corrected chi connectivity index (χ2v) is 6.23. The summed E-state index contributed by atoms with van der Waals surface area (Å²) >= 11 is 0. The minimum atomic E-state index is -0.978. The van der Waals surface area contributed by atoms with Gasteiger partial charge in [-0.25, -0.2) is 9.59 Å². The first-order valence-corrected chi connectivity index (χ1v) is 8.28. The number of urea groups is 1. The van der Waals surface area contributed by atoms with Gasteiger partial charge in [-0.3, -0.25) is 4.21 Å². The molecule has 0 aromatic heterocycles. The zero-order valence-corrected chi connectivity index (χ0v) is 12.9. The van der Waals surface area contributed by atoms with E-state index >= 15 is 0 Å². The van der Waals surface area contributed by atoms with Gasteiger partial charge in [0.15, 0.2) is 0 Å². The van der Waals surface area contributed by atoms with Crippen molar-refractivity contribution in [2.75, 3.05) is 18.6 Å². The van der Waals surface area contributed by atoms with Gasteiger partial charge in [-0.15, -0.1) is 0 Å². The van der Waals surface area contributed by atoms with Crippen LogP contribution in [0.1, 0.15) is 22.8 Å². The number of hydrogen-bond donors (Lipinski definition) is 3. The topological polar surface area (TPSA) is 95.5 Å². The van der Waals surface area contributed by atoms with Gasteiger partial charge >= 0.3 is 12.0 Å². The average molecular weight is 312 g/mol. The molecule has 2 atom stereocenters. The maximum Gasteiger partial charge on any atom is 0.335 e. The minimum absolute atomic E-state index is 0.179. The van der Waals surface area contributed by atoms with E-state index in [1.165, 1.54) is 6.07 Å². The zero-order chi connectivity index (χ0) is 15.8. The molecule has 0 aliphatic rings. The number of carboxylic acid groups (broad SMARTS) is 1. The highest BCUT2D eigenvalue weighted by molar-refractivity contribution is 7.84. The van der Waals surface area contributed by atoms with Gasteiger partial charge in [-0.05, 0) is 25.0 Å². The van der Waals surface area contributed by atoms with Gasteiger partial charge in [-0.1, -0.05) is 18.2 Å². The van der Waals surface area contributed by atoms with Gasteiger partial charge in [0.25, 0.3) is 0 Å². The van der Waals surface area contributed by atoms with Crippen molar-refractivity contribution >= 4 is 22.8 Å². The first kappa shape index (κ1) is 17.2. The summed E-state index contributed by atoms with van der Waals surface area (Å²) in [5.41, 5.74) is 0.919. The fourth-order valence-electron chi connectivity index (χ4n) is 1.93. The summed E-state index contributed by atoms with van der Waals surface area (Å²) in [5, 5.41) is 14.4. The van der Waals surface area contributed by atoms with Gasteiger partial charge in [0.05, 0.1) is 5.56 Å². The Morgan fingerprint density at radius 3 is 2.62 bits per heavy atom. The molecule has 21 heavy (non-hydrogen) atoms. The highest BCUT2D eigenvalue weighted by Crippen LogP contribution is 2.08. The lowest BCUT2D eigenvalue weighted by molar-refractivity contribution is 0.0695. The second kappa shape index (κ2) is 8.41. The van der Waals surface area contributed by atoms with E-state index in [9.17, 15) is 13.8 Å². The predicted octanol–water partition coefficient (Wildman–Crippen LogP) is 0.993. The van der Waals surface area contributed by atoms with Crippen LogP contribution in [0.3, 0.4) is 0 Å². The number of nitrogens with one attached hydrogen (secondary N) is 2. The minimum Gasteiger partial charge on any atom is -0.478 e. The van der Waals surface area contributed by atoms with Crippen molar-refractivity contribution in [3.05, 3.63) is 35.4 Å². The van der Waals surface area contributed by atoms with Crippen LogP contribution in [0.25, 0.3) is 0 Å². The van der Waals surface area contributed by atoms with Crippen molar-refractivity contribution in [1.82, 2.24) is 10.6 Å². The van der Waals surface area contributed by atoms with Crippen LogP contribution in [0.2, 0.25) is 0 Å². The Hall–Kier alpha value is -1.89. The third kappa shape index (κ3) is 6.40. The van der Waals surface area contributed by atoms with Gasteiger partial charge < -0.3 is 15.7 Å². The predicted molar refractivity (Wildman–Crippen MR) is 82.0 cm³/mol. The van der Waals surface area contributed by atoms with E-state index in [4.69, 9.17) is 5.11 Å². The summed E-state index contributed by atoms with van der Waals surface area (Å²) in [6, 6.07) is 6.17. The molecule has 0 spiro atoms. The van der Waals surface area contributed by atoms with Crippen molar-refractivity contribution in [2.24, 2.45) is 0 Å². The summed E-state index contributed by atoms with van der Waals surface area (Å²) < 4.78 is 11.0. The monoisotopic (exact) mass is 312 g/mol. The van der Waals surface area contributed by atoms with Crippen LogP contribution < -0.4 is 10.6 Å². The first-order valence-electron chi connectivity index (χ1n) is 6.55. The highest BCUT2D eigenvalue weighted by atomic mass is 32.2. The summed E-state index contributed by atoms with van der Waals surface area (Å²) in [5.74, 6) is -0.580. The Labute approximate surface area is 126 Å². The molecule has 7 heteroatoms. The van der Waals surface area contributed by atoms with Crippen LogP contribution in [0.5, 0.6) is 0 Å². The molecular formula is C14H20N2O4S. The summed E-state index contributed by atoms with van der Waals surface area (Å²) in [7, 11) is -0.964. The number of amides is 2. The Morgan fingerprint density at radius 2 is 2.00 bits per heavy atom. The van der Waals surface area contributed by atoms with Crippen LogP contribution in [0.4, 0.5) is 4.79 Å². The number of benzene rings is 1. The molecule has 0 aliphatic heterocycles. The van der Waals surface area contributed by atoms with Crippen molar-refractivity contribution in [3.8, 4) is 0 Å². The maximum atomic E-state index is 11.6. The van der Waals surface area contributed by atoms with E-state index in [1.54, 1.807) is 31.4 Å². The smallest absolute Gasteiger partial charge is 0.335 e. The van der Waals surface area contributed by atoms with E-state index in [-0.39, 0.29) is 17.6 Å². The third-order valence-corrected chi connectivity index (χ3v) is 3.76. The molecule has 2 unspecified atom stereocenters. The number of carboxylic acids is 1. The Kier molecular flexibility index (Phi) is 6.87. The fraction of sp³-hybridized carbons (Fsp3) is 0.429. The van der Waals surface area contributed by atoms with E-state index in [2.05, 4.69) is 10.6 Å².